The number of pyridine rings is 1. The number of rotatable bonds is 4. The smallest absolute Gasteiger partial charge is 0.320 e. The molecule has 2 aromatic heterocycles. The quantitative estimate of drug-likeness (QED) is 0.603. The summed E-state index contributed by atoms with van der Waals surface area (Å²) in [4.78, 5) is 29.2. The highest BCUT2D eigenvalue weighted by Crippen LogP contribution is 2.42. The maximum atomic E-state index is 15.1. The molecule has 2 aliphatic rings. The number of urea groups is 1. The molecule has 1 atom stereocenters. The number of nitrogens with one attached hydrogen (secondary N) is 1. The monoisotopic (exact) mass is 513 g/mol. The predicted octanol–water partition coefficient (Wildman–Crippen LogP) is 4.64. The first kappa shape index (κ1) is 22.8. The fraction of sp³-hybridized carbons (Fsp3) is 0.524. The molecule has 0 saturated heterocycles. The number of Topliss-reactive ketones (excluding diaryl/α,β-unsaturated/α-hetero) is 1. The van der Waals surface area contributed by atoms with E-state index in [-0.39, 0.29) is 47.2 Å². The molecule has 0 saturated carbocycles. The van der Waals surface area contributed by atoms with Gasteiger partial charge in [0.1, 0.15) is 16.1 Å². The number of amides is 2. The third kappa shape index (κ3) is 4.53. The van der Waals surface area contributed by atoms with E-state index in [9.17, 15) is 14.0 Å². The number of carbonyl (C=O) groups is 2. The van der Waals surface area contributed by atoms with E-state index in [1.165, 1.54) is 28.8 Å². The van der Waals surface area contributed by atoms with Gasteiger partial charge in [0.2, 0.25) is 0 Å². The van der Waals surface area contributed by atoms with E-state index in [0.717, 1.165) is 0 Å². The molecule has 172 valence electrons. The third-order valence-corrected chi connectivity index (χ3v) is 6.58. The van der Waals surface area contributed by atoms with Crippen molar-refractivity contribution in [3.05, 3.63) is 39.6 Å². The minimum Gasteiger partial charge on any atom is -0.320 e. The van der Waals surface area contributed by atoms with Gasteiger partial charge in [-0.05, 0) is 47.7 Å². The van der Waals surface area contributed by atoms with Crippen LogP contribution in [0.25, 0.3) is 0 Å². The second-order valence-electron chi connectivity index (χ2n) is 8.37. The minimum atomic E-state index is -3.08. The lowest BCUT2D eigenvalue weighted by molar-refractivity contribution is -0.117. The maximum absolute atomic E-state index is 15.1. The largest absolute Gasteiger partial charge is 0.322 e. The standard InChI is InChI=1S/C21H23BrF3N5O2/c1-12(31)2-3-13-4-7-21(24,25)18-14-11-29(9-6-15(14)28-30(18)10-13)20(32)27-16-5-8-26-19(22)17(16)23/h5,8,13H,2-4,6-7,9-11H2,1H3,(H,26,27,32). The SMILES string of the molecule is CC(=O)CCC1CCC(F)(F)c2c3c(nn2C1)CCN(C(=O)Nc1ccnc(Br)c1F)C3. The summed E-state index contributed by atoms with van der Waals surface area (Å²) in [6.45, 7) is 2.08. The Labute approximate surface area is 191 Å². The van der Waals surface area contributed by atoms with Crippen LogP contribution in [0.2, 0.25) is 0 Å². The summed E-state index contributed by atoms with van der Waals surface area (Å²) < 4.78 is 45.7. The van der Waals surface area contributed by atoms with E-state index in [1.807, 2.05) is 0 Å². The number of fused-ring (bicyclic) bond motifs is 3. The lowest BCUT2D eigenvalue weighted by Crippen LogP contribution is -2.39. The average Bonchev–Trinajstić information content (AvgIpc) is 3.05. The molecule has 2 aliphatic heterocycles. The van der Waals surface area contributed by atoms with Crippen molar-refractivity contribution in [2.75, 3.05) is 11.9 Å². The molecular formula is C21H23BrF3N5O2. The lowest BCUT2D eigenvalue weighted by Gasteiger charge is -2.28. The fourth-order valence-corrected chi connectivity index (χ4v) is 4.66. The maximum Gasteiger partial charge on any atom is 0.322 e. The molecule has 32 heavy (non-hydrogen) atoms. The fourth-order valence-electron chi connectivity index (χ4n) is 4.33. The van der Waals surface area contributed by atoms with Crippen LogP contribution in [0.5, 0.6) is 0 Å². The lowest BCUT2D eigenvalue weighted by atomic mass is 9.94. The molecule has 4 rings (SSSR count). The van der Waals surface area contributed by atoms with Gasteiger partial charge in [-0.2, -0.15) is 13.9 Å². The van der Waals surface area contributed by atoms with Crippen LogP contribution >= 0.6 is 15.9 Å². The van der Waals surface area contributed by atoms with Crippen LogP contribution in [-0.4, -0.2) is 38.0 Å². The molecule has 1 unspecified atom stereocenters. The van der Waals surface area contributed by atoms with Gasteiger partial charge in [0.25, 0.3) is 5.92 Å². The Morgan fingerprint density at radius 1 is 1.38 bits per heavy atom. The Morgan fingerprint density at radius 3 is 2.91 bits per heavy atom. The summed E-state index contributed by atoms with van der Waals surface area (Å²) in [5.74, 6) is -3.80. The number of carbonyl (C=O) groups excluding carboxylic acids is 2. The molecule has 0 fully saturated rings. The van der Waals surface area contributed by atoms with Crippen molar-refractivity contribution in [3.63, 3.8) is 0 Å². The Kier molecular flexibility index (Phi) is 6.28. The van der Waals surface area contributed by atoms with Gasteiger partial charge < -0.3 is 15.0 Å². The molecule has 0 spiro atoms. The number of hydrogen-bond acceptors (Lipinski definition) is 4. The summed E-state index contributed by atoms with van der Waals surface area (Å²) in [7, 11) is 0. The minimum absolute atomic E-state index is 0.0297. The van der Waals surface area contributed by atoms with Crippen molar-refractivity contribution < 1.29 is 22.8 Å². The Morgan fingerprint density at radius 2 is 2.16 bits per heavy atom. The number of ketones is 1. The van der Waals surface area contributed by atoms with Gasteiger partial charge in [-0.25, -0.2) is 14.2 Å². The zero-order valence-corrected chi connectivity index (χ0v) is 19.1. The molecule has 0 aliphatic carbocycles. The average molecular weight is 514 g/mol. The predicted molar refractivity (Wildman–Crippen MR) is 114 cm³/mol. The van der Waals surface area contributed by atoms with Crippen molar-refractivity contribution in [3.8, 4) is 0 Å². The van der Waals surface area contributed by atoms with Gasteiger partial charge in [0, 0.05) is 44.1 Å². The zero-order valence-electron chi connectivity index (χ0n) is 17.5. The van der Waals surface area contributed by atoms with Crippen LogP contribution in [0.3, 0.4) is 0 Å². The summed E-state index contributed by atoms with van der Waals surface area (Å²) in [6, 6.07) is 0.748. The Balaban J connectivity index is 1.55. The van der Waals surface area contributed by atoms with Gasteiger partial charge in [-0.15, -0.1) is 0 Å². The molecule has 0 aromatic carbocycles. The number of aromatic nitrogens is 3. The summed E-state index contributed by atoms with van der Waals surface area (Å²) in [5.41, 5.74) is 0.733. The Bertz CT molecular complexity index is 1060. The molecule has 1 N–H and O–H groups in total. The highest BCUT2D eigenvalue weighted by molar-refractivity contribution is 9.10. The van der Waals surface area contributed by atoms with E-state index in [1.54, 1.807) is 0 Å². The van der Waals surface area contributed by atoms with Gasteiger partial charge >= 0.3 is 6.03 Å². The van der Waals surface area contributed by atoms with Crippen LogP contribution in [-0.2, 0) is 30.2 Å². The van der Waals surface area contributed by atoms with E-state index in [0.29, 0.717) is 43.5 Å². The number of hydrogen-bond donors (Lipinski definition) is 1. The van der Waals surface area contributed by atoms with Gasteiger partial charge in [-0.1, -0.05) is 0 Å². The van der Waals surface area contributed by atoms with Gasteiger partial charge in [0.05, 0.1) is 17.9 Å². The molecule has 0 radical (unpaired) electrons. The van der Waals surface area contributed by atoms with Crippen LogP contribution < -0.4 is 5.32 Å². The number of anilines is 1. The van der Waals surface area contributed by atoms with E-state index in [2.05, 4.69) is 31.3 Å². The first-order valence-electron chi connectivity index (χ1n) is 10.5. The molecule has 11 heteroatoms. The third-order valence-electron chi connectivity index (χ3n) is 6.03. The van der Waals surface area contributed by atoms with Crippen molar-refractivity contribution in [2.45, 2.75) is 58.0 Å². The van der Waals surface area contributed by atoms with Crippen LogP contribution in [0, 0.1) is 11.7 Å². The van der Waals surface area contributed by atoms with Gasteiger partial charge in [0.15, 0.2) is 5.82 Å². The molecule has 4 heterocycles. The van der Waals surface area contributed by atoms with Crippen LogP contribution in [0.15, 0.2) is 16.9 Å². The van der Waals surface area contributed by atoms with Crippen molar-refractivity contribution in [1.29, 1.82) is 0 Å². The summed E-state index contributed by atoms with van der Waals surface area (Å²) in [6.07, 6.45) is 2.57. The van der Waals surface area contributed by atoms with Gasteiger partial charge in [-0.3, -0.25) is 4.68 Å². The van der Waals surface area contributed by atoms with Crippen molar-refractivity contribution in [2.24, 2.45) is 5.92 Å². The topological polar surface area (TPSA) is 80.1 Å². The normalized spacial score (nSPS) is 19.7. The van der Waals surface area contributed by atoms with Crippen LogP contribution in [0.4, 0.5) is 23.7 Å². The summed E-state index contributed by atoms with van der Waals surface area (Å²) >= 11 is 2.97. The highest BCUT2D eigenvalue weighted by Gasteiger charge is 2.43. The second kappa shape index (κ2) is 8.84. The number of nitrogens with zero attached hydrogens (tertiary/aromatic N) is 4. The zero-order chi connectivity index (χ0) is 23.0. The molecular weight excluding hydrogens is 491 g/mol. The Hall–Kier alpha value is -2.43. The summed E-state index contributed by atoms with van der Waals surface area (Å²) in [5, 5.41) is 6.93. The van der Waals surface area contributed by atoms with E-state index < -0.39 is 17.8 Å². The number of halogens is 4. The number of alkyl halides is 2. The second-order valence-corrected chi connectivity index (χ2v) is 9.12. The van der Waals surface area contributed by atoms with Crippen LogP contribution in [0.1, 0.15) is 49.6 Å². The molecule has 0 bridgehead atoms. The molecule has 2 amide bonds. The van der Waals surface area contributed by atoms with E-state index in [4.69, 9.17) is 0 Å². The van der Waals surface area contributed by atoms with E-state index >= 15 is 8.78 Å². The molecule has 2 aromatic rings. The molecule has 7 nitrogen and oxygen atoms in total. The van der Waals surface area contributed by atoms with Crippen molar-refractivity contribution >= 4 is 33.4 Å². The highest BCUT2D eigenvalue weighted by atomic mass is 79.9. The first-order valence-corrected chi connectivity index (χ1v) is 11.3. The van der Waals surface area contributed by atoms with Crippen molar-refractivity contribution in [1.82, 2.24) is 19.7 Å². The first-order chi connectivity index (χ1) is 15.2.